The zero-order valence-corrected chi connectivity index (χ0v) is 18.2. The number of benzene rings is 2. The Bertz CT molecular complexity index is 1090. The smallest absolute Gasteiger partial charge is 0.231 e. The van der Waals surface area contributed by atoms with Gasteiger partial charge in [-0.1, -0.05) is 18.2 Å². The van der Waals surface area contributed by atoms with Crippen molar-refractivity contribution in [2.75, 3.05) is 27.1 Å². The number of nitriles is 1. The van der Waals surface area contributed by atoms with E-state index < -0.39 is 11.6 Å². The van der Waals surface area contributed by atoms with Crippen molar-refractivity contribution < 1.29 is 24.1 Å². The van der Waals surface area contributed by atoms with E-state index in [1.807, 2.05) is 6.07 Å². The first kappa shape index (κ1) is 21.1. The molecule has 1 saturated heterocycles. The highest BCUT2D eigenvalue weighted by Crippen LogP contribution is 2.52. The van der Waals surface area contributed by atoms with Crippen LogP contribution in [-0.4, -0.2) is 43.0 Å². The molecule has 0 aliphatic carbocycles. The van der Waals surface area contributed by atoms with Gasteiger partial charge in [-0.2, -0.15) is 5.26 Å². The number of allylic oxidation sites excluding steroid dienone is 1. The van der Waals surface area contributed by atoms with Crippen molar-refractivity contribution in [3.05, 3.63) is 64.2 Å². The van der Waals surface area contributed by atoms with Crippen LogP contribution in [0.5, 0.6) is 17.2 Å². The summed E-state index contributed by atoms with van der Waals surface area (Å²) in [6.07, 6.45) is 0.0703. The van der Waals surface area contributed by atoms with Crippen LogP contribution in [0.2, 0.25) is 0 Å². The molecule has 2 aromatic rings. The second kappa shape index (κ2) is 8.17. The Hall–Kier alpha value is -3.15. The third kappa shape index (κ3) is 3.40. The Balaban J connectivity index is 1.76. The molecule has 2 atom stereocenters. The number of amides is 1. The van der Waals surface area contributed by atoms with Gasteiger partial charge in [0, 0.05) is 17.9 Å². The molecule has 0 saturated carbocycles. The lowest BCUT2D eigenvalue weighted by Gasteiger charge is -2.38. The standard InChI is InChI=1S/C23H22N2O5S/c1-28-16-7-5-15(6-8-16)23(27)13-31-22-18(12-24)17(11-21(26)25(22)23)14-4-9-19(29-2)20(10-14)30-3/h4-10,17,27H,11,13H2,1-3H3/t17-,23+/m1/s1. The van der Waals surface area contributed by atoms with Crippen LogP contribution in [0.15, 0.2) is 53.1 Å². The largest absolute Gasteiger partial charge is 0.497 e. The Morgan fingerprint density at radius 1 is 1.10 bits per heavy atom. The van der Waals surface area contributed by atoms with Gasteiger partial charge in [-0.15, -0.1) is 11.8 Å². The number of aliphatic hydroxyl groups is 1. The van der Waals surface area contributed by atoms with Crippen LogP contribution in [0.1, 0.15) is 23.5 Å². The Labute approximate surface area is 184 Å². The average molecular weight is 439 g/mol. The molecule has 0 bridgehead atoms. The van der Waals surface area contributed by atoms with Crippen molar-refractivity contribution in [2.45, 2.75) is 18.1 Å². The van der Waals surface area contributed by atoms with Gasteiger partial charge in [-0.05, 0) is 29.8 Å². The minimum atomic E-state index is -1.52. The summed E-state index contributed by atoms with van der Waals surface area (Å²) in [5.74, 6) is 1.34. The van der Waals surface area contributed by atoms with Crippen LogP contribution in [0.25, 0.3) is 0 Å². The second-order valence-electron chi connectivity index (χ2n) is 7.26. The highest BCUT2D eigenvalue weighted by molar-refractivity contribution is 8.03. The monoisotopic (exact) mass is 438 g/mol. The number of hydrogen-bond acceptors (Lipinski definition) is 7. The summed E-state index contributed by atoms with van der Waals surface area (Å²) >= 11 is 1.32. The van der Waals surface area contributed by atoms with Gasteiger partial charge in [0.25, 0.3) is 0 Å². The molecule has 7 nitrogen and oxygen atoms in total. The third-order valence-corrected chi connectivity index (χ3v) is 6.90. The van der Waals surface area contributed by atoms with E-state index >= 15 is 0 Å². The fourth-order valence-electron chi connectivity index (χ4n) is 4.05. The normalized spacial score (nSPS) is 22.7. The van der Waals surface area contributed by atoms with Crippen LogP contribution in [0.3, 0.4) is 0 Å². The molecule has 1 fully saturated rings. The SMILES string of the molecule is COc1ccc([C@@]2(O)CSC3=C(C#N)[C@@H](c4ccc(OC)c(OC)c4)CC(=O)N32)cc1. The first-order chi connectivity index (χ1) is 15.0. The van der Waals surface area contributed by atoms with E-state index in [0.29, 0.717) is 33.4 Å². The molecule has 1 amide bonds. The molecule has 0 radical (unpaired) electrons. The van der Waals surface area contributed by atoms with E-state index in [2.05, 4.69) is 6.07 Å². The van der Waals surface area contributed by atoms with E-state index in [1.165, 1.54) is 16.7 Å². The third-order valence-electron chi connectivity index (χ3n) is 5.67. The van der Waals surface area contributed by atoms with Crippen molar-refractivity contribution in [3.63, 3.8) is 0 Å². The number of fused-ring (bicyclic) bond motifs is 1. The number of hydrogen-bond donors (Lipinski definition) is 1. The van der Waals surface area contributed by atoms with Crippen molar-refractivity contribution in [2.24, 2.45) is 0 Å². The molecular formula is C23H22N2O5S. The van der Waals surface area contributed by atoms with Crippen LogP contribution in [0.4, 0.5) is 0 Å². The van der Waals surface area contributed by atoms with Crippen LogP contribution in [-0.2, 0) is 10.5 Å². The molecular weight excluding hydrogens is 416 g/mol. The Kier molecular flexibility index (Phi) is 5.56. The molecule has 2 aromatic carbocycles. The van der Waals surface area contributed by atoms with Crippen molar-refractivity contribution in [3.8, 4) is 23.3 Å². The number of carbonyl (C=O) groups is 1. The van der Waals surface area contributed by atoms with E-state index in [9.17, 15) is 15.2 Å². The number of nitrogens with zero attached hydrogens (tertiary/aromatic N) is 2. The highest BCUT2D eigenvalue weighted by Gasteiger charge is 2.51. The van der Waals surface area contributed by atoms with Gasteiger partial charge in [0.2, 0.25) is 5.91 Å². The Morgan fingerprint density at radius 3 is 2.42 bits per heavy atom. The zero-order chi connectivity index (χ0) is 22.2. The summed E-state index contributed by atoms with van der Waals surface area (Å²) in [6.45, 7) is 0. The van der Waals surface area contributed by atoms with Crippen LogP contribution in [0, 0.1) is 11.3 Å². The Morgan fingerprint density at radius 2 is 1.81 bits per heavy atom. The van der Waals surface area contributed by atoms with Gasteiger partial charge >= 0.3 is 0 Å². The quantitative estimate of drug-likeness (QED) is 0.765. The molecule has 160 valence electrons. The summed E-state index contributed by atoms with van der Waals surface area (Å²) in [5, 5.41) is 22.0. The minimum Gasteiger partial charge on any atom is -0.497 e. The molecule has 0 unspecified atom stereocenters. The van der Waals surface area contributed by atoms with Crippen LogP contribution < -0.4 is 14.2 Å². The molecule has 2 aliphatic rings. The van der Waals surface area contributed by atoms with Crippen molar-refractivity contribution in [1.29, 1.82) is 5.26 Å². The minimum absolute atomic E-state index is 0.0703. The maximum Gasteiger partial charge on any atom is 0.231 e. The number of rotatable bonds is 5. The molecule has 0 spiro atoms. The summed E-state index contributed by atoms with van der Waals surface area (Å²) in [5.41, 5.74) is 0.302. The zero-order valence-electron chi connectivity index (χ0n) is 17.4. The van der Waals surface area contributed by atoms with E-state index in [1.54, 1.807) is 57.7 Å². The fraction of sp³-hybridized carbons (Fsp3) is 0.304. The molecule has 8 heteroatoms. The molecule has 4 rings (SSSR count). The first-order valence-corrected chi connectivity index (χ1v) is 10.6. The summed E-state index contributed by atoms with van der Waals surface area (Å²) in [6, 6.07) is 14.6. The summed E-state index contributed by atoms with van der Waals surface area (Å²) in [4.78, 5) is 14.6. The molecule has 1 N–H and O–H groups in total. The lowest BCUT2D eigenvalue weighted by atomic mass is 9.85. The lowest BCUT2D eigenvalue weighted by molar-refractivity contribution is -0.149. The number of ether oxygens (including phenoxy) is 3. The number of thioether (sulfide) groups is 1. The van der Waals surface area contributed by atoms with Crippen molar-refractivity contribution >= 4 is 17.7 Å². The van der Waals surface area contributed by atoms with Gasteiger partial charge in [0.15, 0.2) is 17.2 Å². The van der Waals surface area contributed by atoms with Crippen molar-refractivity contribution in [1.82, 2.24) is 4.90 Å². The van der Waals surface area contributed by atoms with E-state index in [4.69, 9.17) is 14.2 Å². The van der Waals surface area contributed by atoms with Gasteiger partial charge < -0.3 is 19.3 Å². The topological polar surface area (TPSA) is 92.0 Å². The van der Waals surface area contributed by atoms with E-state index in [0.717, 1.165) is 5.56 Å². The van der Waals surface area contributed by atoms with Gasteiger partial charge in [0.1, 0.15) is 5.75 Å². The summed E-state index contributed by atoms with van der Waals surface area (Å²) < 4.78 is 15.9. The second-order valence-corrected chi connectivity index (χ2v) is 8.23. The van der Waals surface area contributed by atoms with Gasteiger partial charge in [-0.25, -0.2) is 0 Å². The first-order valence-electron chi connectivity index (χ1n) is 9.65. The summed E-state index contributed by atoms with van der Waals surface area (Å²) in [7, 11) is 4.66. The maximum absolute atomic E-state index is 13.2. The highest BCUT2D eigenvalue weighted by atomic mass is 32.2. The molecule has 0 aromatic heterocycles. The lowest BCUT2D eigenvalue weighted by Crippen LogP contribution is -2.48. The number of carbonyl (C=O) groups excluding carboxylic acids is 1. The average Bonchev–Trinajstić information content (AvgIpc) is 3.17. The van der Waals surface area contributed by atoms with Gasteiger partial charge in [-0.3, -0.25) is 9.69 Å². The maximum atomic E-state index is 13.2. The fourth-order valence-corrected chi connectivity index (χ4v) is 5.41. The predicted molar refractivity (Wildman–Crippen MR) is 116 cm³/mol. The van der Waals surface area contributed by atoms with E-state index in [-0.39, 0.29) is 18.1 Å². The van der Waals surface area contributed by atoms with Crippen LogP contribution >= 0.6 is 11.8 Å². The molecule has 2 heterocycles. The predicted octanol–water partition coefficient (Wildman–Crippen LogP) is 3.36. The van der Waals surface area contributed by atoms with Gasteiger partial charge in [0.05, 0.1) is 43.8 Å². The number of methoxy groups -OCH3 is 3. The molecule has 2 aliphatic heterocycles. The molecule has 31 heavy (non-hydrogen) atoms.